The SMILES string of the molecule is CCOC(=O)C(C)n1c(CO)nc2cc(N)ccc21. The number of rotatable bonds is 4. The number of aliphatic hydroxyl groups is 1. The zero-order valence-corrected chi connectivity index (χ0v) is 11.0. The highest BCUT2D eigenvalue weighted by Gasteiger charge is 2.22. The van der Waals surface area contributed by atoms with Crippen LogP contribution in [0.25, 0.3) is 11.0 Å². The molecule has 0 aliphatic heterocycles. The molecule has 1 aromatic carbocycles. The van der Waals surface area contributed by atoms with Gasteiger partial charge in [0.05, 0.1) is 17.6 Å². The van der Waals surface area contributed by atoms with Gasteiger partial charge < -0.3 is 20.1 Å². The van der Waals surface area contributed by atoms with E-state index in [1.165, 1.54) is 0 Å². The average Bonchev–Trinajstić information content (AvgIpc) is 2.75. The first kappa shape index (κ1) is 13.4. The van der Waals surface area contributed by atoms with Gasteiger partial charge in [0.25, 0.3) is 0 Å². The quantitative estimate of drug-likeness (QED) is 0.639. The van der Waals surface area contributed by atoms with Crippen LogP contribution in [-0.2, 0) is 16.1 Å². The molecule has 0 bridgehead atoms. The highest BCUT2D eigenvalue weighted by molar-refractivity contribution is 5.83. The van der Waals surface area contributed by atoms with Crippen LogP contribution in [0, 0.1) is 0 Å². The molecule has 0 radical (unpaired) electrons. The predicted octanol–water partition coefficient (Wildman–Crippen LogP) is 1.23. The van der Waals surface area contributed by atoms with E-state index in [4.69, 9.17) is 10.5 Å². The van der Waals surface area contributed by atoms with E-state index < -0.39 is 6.04 Å². The minimum atomic E-state index is -0.546. The summed E-state index contributed by atoms with van der Waals surface area (Å²) in [7, 11) is 0. The number of hydrogen-bond donors (Lipinski definition) is 2. The average molecular weight is 263 g/mol. The summed E-state index contributed by atoms with van der Waals surface area (Å²) in [4.78, 5) is 16.1. The summed E-state index contributed by atoms with van der Waals surface area (Å²) in [6.07, 6.45) is 0. The summed E-state index contributed by atoms with van der Waals surface area (Å²) in [6, 6.07) is 4.69. The number of nitrogens with two attached hydrogens (primary N) is 1. The summed E-state index contributed by atoms with van der Waals surface area (Å²) < 4.78 is 6.68. The van der Waals surface area contributed by atoms with Crippen molar-refractivity contribution in [2.24, 2.45) is 0 Å². The molecular formula is C13H17N3O3. The highest BCUT2D eigenvalue weighted by atomic mass is 16.5. The van der Waals surface area contributed by atoms with Gasteiger partial charge in [-0.25, -0.2) is 9.78 Å². The number of nitrogens with zero attached hydrogens (tertiary/aromatic N) is 2. The fraction of sp³-hybridized carbons (Fsp3) is 0.385. The Morgan fingerprint density at radius 2 is 2.32 bits per heavy atom. The van der Waals surface area contributed by atoms with Crippen molar-refractivity contribution >= 4 is 22.7 Å². The minimum absolute atomic E-state index is 0.252. The van der Waals surface area contributed by atoms with Crippen molar-refractivity contribution in [3.05, 3.63) is 24.0 Å². The Bertz CT molecular complexity index is 606. The number of hydrogen-bond acceptors (Lipinski definition) is 5. The zero-order chi connectivity index (χ0) is 14.0. The molecule has 0 amide bonds. The molecule has 0 saturated heterocycles. The van der Waals surface area contributed by atoms with Crippen LogP contribution >= 0.6 is 0 Å². The molecule has 2 aromatic rings. The number of anilines is 1. The van der Waals surface area contributed by atoms with E-state index >= 15 is 0 Å². The standard InChI is InChI=1S/C13H17N3O3/c1-3-19-13(18)8(2)16-11-5-4-9(14)6-10(11)15-12(16)7-17/h4-6,8,17H,3,7,14H2,1-2H3. The minimum Gasteiger partial charge on any atom is -0.464 e. The van der Waals surface area contributed by atoms with Crippen molar-refractivity contribution in [1.82, 2.24) is 9.55 Å². The van der Waals surface area contributed by atoms with Gasteiger partial charge in [-0.2, -0.15) is 0 Å². The molecule has 1 heterocycles. The second kappa shape index (κ2) is 5.27. The van der Waals surface area contributed by atoms with Crippen molar-refractivity contribution in [2.45, 2.75) is 26.5 Å². The van der Waals surface area contributed by atoms with Gasteiger partial charge in [0.15, 0.2) is 0 Å². The molecule has 3 N–H and O–H groups in total. The van der Waals surface area contributed by atoms with E-state index in [2.05, 4.69) is 4.98 Å². The van der Waals surface area contributed by atoms with Crippen molar-refractivity contribution in [3.63, 3.8) is 0 Å². The molecule has 0 saturated carbocycles. The predicted molar refractivity (Wildman–Crippen MR) is 71.4 cm³/mol. The summed E-state index contributed by atoms with van der Waals surface area (Å²) in [5.74, 6) is 0.0643. The lowest BCUT2D eigenvalue weighted by Crippen LogP contribution is -2.21. The molecule has 2 rings (SSSR count). The van der Waals surface area contributed by atoms with Gasteiger partial charge >= 0.3 is 5.97 Å². The number of fused-ring (bicyclic) bond motifs is 1. The molecule has 0 aliphatic rings. The number of nitrogen functional groups attached to an aromatic ring is 1. The Labute approximate surface area is 110 Å². The number of esters is 1. The Morgan fingerprint density at radius 3 is 2.95 bits per heavy atom. The van der Waals surface area contributed by atoms with Crippen LogP contribution in [0.4, 0.5) is 5.69 Å². The maximum absolute atomic E-state index is 11.8. The summed E-state index contributed by atoms with van der Waals surface area (Å²) in [5.41, 5.74) is 7.70. The number of carbonyl (C=O) groups is 1. The Morgan fingerprint density at radius 1 is 1.58 bits per heavy atom. The van der Waals surface area contributed by atoms with Gasteiger partial charge in [-0.3, -0.25) is 0 Å². The smallest absolute Gasteiger partial charge is 0.328 e. The van der Waals surface area contributed by atoms with Gasteiger partial charge in [0.2, 0.25) is 0 Å². The van der Waals surface area contributed by atoms with Crippen LogP contribution in [0.5, 0.6) is 0 Å². The molecule has 6 nitrogen and oxygen atoms in total. The van der Waals surface area contributed by atoms with Gasteiger partial charge in [-0.15, -0.1) is 0 Å². The fourth-order valence-electron chi connectivity index (χ4n) is 2.08. The van der Waals surface area contributed by atoms with Gasteiger partial charge in [-0.1, -0.05) is 0 Å². The summed E-state index contributed by atoms with van der Waals surface area (Å²) in [6.45, 7) is 3.54. The third kappa shape index (κ3) is 2.39. The van der Waals surface area contributed by atoms with Crippen molar-refractivity contribution in [2.75, 3.05) is 12.3 Å². The number of imidazole rings is 1. The lowest BCUT2D eigenvalue weighted by molar-refractivity contribution is -0.146. The van der Waals surface area contributed by atoms with E-state index in [9.17, 15) is 9.90 Å². The summed E-state index contributed by atoms with van der Waals surface area (Å²) >= 11 is 0. The second-order valence-corrected chi connectivity index (χ2v) is 4.23. The maximum atomic E-state index is 11.8. The number of benzene rings is 1. The third-order valence-electron chi connectivity index (χ3n) is 2.94. The monoisotopic (exact) mass is 263 g/mol. The normalized spacial score (nSPS) is 12.6. The molecule has 19 heavy (non-hydrogen) atoms. The molecule has 1 atom stereocenters. The van der Waals surface area contributed by atoms with Crippen LogP contribution in [0.15, 0.2) is 18.2 Å². The van der Waals surface area contributed by atoms with Crippen LogP contribution in [-0.4, -0.2) is 27.2 Å². The van der Waals surface area contributed by atoms with Gasteiger partial charge in [-0.05, 0) is 32.0 Å². The van der Waals surface area contributed by atoms with Crippen LogP contribution in [0.3, 0.4) is 0 Å². The van der Waals surface area contributed by atoms with E-state index in [0.717, 1.165) is 5.52 Å². The van der Waals surface area contributed by atoms with Gasteiger partial charge in [0.1, 0.15) is 18.5 Å². The molecule has 6 heteroatoms. The molecule has 1 aromatic heterocycles. The second-order valence-electron chi connectivity index (χ2n) is 4.23. The highest BCUT2D eigenvalue weighted by Crippen LogP contribution is 2.24. The summed E-state index contributed by atoms with van der Waals surface area (Å²) in [5, 5.41) is 9.38. The first-order valence-electron chi connectivity index (χ1n) is 6.12. The maximum Gasteiger partial charge on any atom is 0.328 e. The van der Waals surface area contributed by atoms with E-state index in [-0.39, 0.29) is 12.6 Å². The topological polar surface area (TPSA) is 90.4 Å². The van der Waals surface area contributed by atoms with Crippen LogP contribution < -0.4 is 5.73 Å². The number of ether oxygens (including phenoxy) is 1. The largest absolute Gasteiger partial charge is 0.464 e. The van der Waals surface area contributed by atoms with E-state index in [1.807, 2.05) is 0 Å². The van der Waals surface area contributed by atoms with Crippen LogP contribution in [0.2, 0.25) is 0 Å². The Kier molecular flexibility index (Phi) is 3.71. The Hall–Kier alpha value is -2.08. The van der Waals surface area contributed by atoms with Crippen molar-refractivity contribution in [3.8, 4) is 0 Å². The van der Waals surface area contributed by atoms with Crippen molar-refractivity contribution in [1.29, 1.82) is 0 Å². The number of aromatic nitrogens is 2. The molecule has 0 aliphatic carbocycles. The van der Waals surface area contributed by atoms with E-state index in [1.54, 1.807) is 36.6 Å². The molecule has 0 spiro atoms. The van der Waals surface area contributed by atoms with Crippen LogP contribution in [0.1, 0.15) is 25.7 Å². The van der Waals surface area contributed by atoms with E-state index in [0.29, 0.717) is 23.6 Å². The van der Waals surface area contributed by atoms with Gasteiger partial charge in [0, 0.05) is 5.69 Å². The number of aliphatic hydroxyl groups excluding tert-OH is 1. The lowest BCUT2D eigenvalue weighted by Gasteiger charge is -2.15. The zero-order valence-electron chi connectivity index (χ0n) is 11.0. The fourth-order valence-corrected chi connectivity index (χ4v) is 2.08. The molecule has 1 unspecified atom stereocenters. The van der Waals surface area contributed by atoms with Crippen molar-refractivity contribution < 1.29 is 14.6 Å². The first-order chi connectivity index (χ1) is 9.08. The number of carbonyl (C=O) groups excluding carboxylic acids is 1. The molecule has 102 valence electrons. The first-order valence-corrected chi connectivity index (χ1v) is 6.12. The third-order valence-corrected chi connectivity index (χ3v) is 2.94. The lowest BCUT2D eigenvalue weighted by atomic mass is 10.2. The Balaban J connectivity index is 2.54. The molecular weight excluding hydrogens is 246 g/mol. The molecule has 0 fully saturated rings.